The van der Waals surface area contributed by atoms with Gasteiger partial charge in [0.2, 0.25) is 0 Å². The molecule has 0 radical (unpaired) electrons. The molecule has 0 spiro atoms. The van der Waals surface area contributed by atoms with E-state index in [0.29, 0.717) is 12.8 Å². The molecule has 4 atom stereocenters. The number of phosphoric acid groups is 1. The minimum absolute atomic E-state index is 0.0463. The number of rotatable bonds is 33. The van der Waals surface area contributed by atoms with E-state index < -0.39 is 51.3 Å². The van der Waals surface area contributed by atoms with Crippen molar-refractivity contribution in [3.05, 3.63) is 36.5 Å². The van der Waals surface area contributed by atoms with Gasteiger partial charge in [-0.05, 0) is 57.3 Å². The summed E-state index contributed by atoms with van der Waals surface area (Å²) in [6, 6.07) is 0. The maximum Gasteiger partial charge on any atom is 0.469 e. The molecule has 286 valence electrons. The van der Waals surface area contributed by atoms with Gasteiger partial charge in [-0.2, -0.15) is 0 Å². The molecule has 0 saturated carbocycles. The van der Waals surface area contributed by atoms with Crippen LogP contribution in [0.25, 0.3) is 0 Å². The SMILES string of the molecule is CCCCC/C=C\C/C=C\C/C=C\CC(O)C(O)CCCC(=O)OC[C@H](COP(=O)(O)O)OC(=O)CCCCCCCCCCC(C)CC. The highest BCUT2D eigenvalue weighted by Gasteiger charge is 2.23. The van der Waals surface area contributed by atoms with Gasteiger partial charge in [0, 0.05) is 12.8 Å². The molecule has 4 N–H and O–H groups in total. The van der Waals surface area contributed by atoms with E-state index >= 15 is 0 Å². The Bertz CT molecular complexity index is 945. The predicted octanol–water partition coefficient (Wildman–Crippen LogP) is 8.81. The number of aliphatic hydroxyl groups excluding tert-OH is 2. The van der Waals surface area contributed by atoms with Crippen LogP contribution >= 0.6 is 7.82 Å². The number of unbranched alkanes of at least 4 members (excludes halogenated alkanes) is 10. The van der Waals surface area contributed by atoms with Crippen molar-refractivity contribution in [3.8, 4) is 0 Å². The molecule has 11 heteroatoms. The molecular formula is C38H69O10P. The number of esters is 2. The summed E-state index contributed by atoms with van der Waals surface area (Å²) < 4.78 is 26.1. The van der Waals surface area contributed by atoms with Gasteiger partial charge in [0.25, 0.3) is 0 Å². The van der Waals surface area contributed by atoms with Crippen molar-refractivity contribution in [3.63, 3.8) is 0 Å². The third kappa shape index (κ3) is 33.1. The highest BCUT2D eigenvalue weighted by atomic mass is 31.2. The summed E-state index contributed by atoms with van der Waals surface area (Å²) in [4.78, 5) is 42.7. The lowest BCUT2D eigenvalue weighted by molar-refractivity contribution is -0.161. The molecule has 0 aliphatic rings. The van der Waals surface area contributed by atoms with E-state index in [-0.39, 0.29) is 25.7 Å². The minimum atomic E-state index is -4.82. The van der Waals surface area contributed by atoms with E-state index in [1.54, 1.807) is 0 Å². The number of carbonyl (C=O) groups excluding carboxylic acids is 2. The fourth-order valence-corrected chi connectivity index (χ4v) is 5.40. The quantitative estimate of drug-likeness (QED) is 0.0224. The number of carbonyl (C=O) groups is 2. The Hall–Kier alpha value is -1.81. The first-order valence-corrected chi connectivity index (χ1v) is 20.4. The average molecular weight is 717 g/mol. The first kappa shape index (κ1) is 47.2. The molecule has 0 aliphatic carbocycles. The summed E-state index contributed by atoms with van der Waals surface area (Å²) >= 11 is 0. The van der Waals surface area contributed by atoms with Crippen LogP contribution in [0.3, 0.4) is 0 Å². The van der Waals surface area contributed by atoms with Gasteiger partial charge < -0.3 is 29.5 Å². The van der Waals surface area contributed by atoms with Crippen molar-refractivity contribution in [1.29, 1.82) is 0 Å². The van der Waals surface area contributed by atoms with Gasteiger partial charge in [-0.15, -0.1) is 0 Å². The van der Waals surface area contributed by atoms with Crippen molar-refractivity contribution in [1.82, 2.24) is 0 Å². The van der Waals surface area contributed by atoms with Gasteiger partial charge in [0.05, 0.1) is 18.8 Å². The Kier molecular flexibility index (Phi) is 30.9. The molecule has 3 unspecified atom stereocenters. The van der Waals surface area contributed by atoms with E-state index in [9.17, 15) is 24.4 Å². The van der Waals surface area contributed by atoms with Crippen LogP contribution in [-0.2, 0) is 28.2 Å². The van der Waals surface area contributed by atoms with E-state index in [1.165, 1.54) is 57.8 Å². The Labute approximate surface area is 297 Å². The Morgan fingerprint density at radius 3 is 1.90 bits per heavy atom. The number of phosphoric ester groups is 1. The largest absolute Gasteiger partial charge is 0.469 e. The van der Waals surface area contributed by atoms with Crippen molar-refractivity contribution in [2.24, 2.45) is 5.92 Å². The molecule has 0 saturated heterocycles. The smallest absolute Gasteiger partial charge is 0.462 e. The lowest BCUT2D eigenvalue weighted by atomic mass is 9.99. The molecule has 0 heterocycles. The maximum atomic E-state index is 12.3. The lowest BCUT2D eigenvalue weighted by Crippen LogP contribution is -2.29. The van der Waals surface area contributed by atoms with Crippen LogP contribution in [0, 0.1) is 5.92 Å². The van der Waals surface area contributed by atoms with Crippen LogP contribution in [-0.4, -0.2) is 63.5 Å². The zero-order chi connectivity index (χ0) is 36.6. The normalized spacial score (nSPS) is 14.8. The van der Waals surface area contributed by atoms with Gasteiger partial charge in [-0.25, -0.2) is 4.57 Å². The molecule has 0 aromatic carbocycles. The second-order valence-corrected chi connectivity index (χ2v) is 14.3. The molecule has 0 rings (SSSR count). The van der Waals surface area contributed by atoms with Gasteiger partial charge in [-0.1, -0.05) is 128 Å². The van der Waals surface area contributed by atoms with Gasteiger partial charge in [-0.3, -0.25) is 14.1 Å². The highest BCUT2D eigenvalue weighted by Crippen LogP contribution is 2.36. The highest BCUT2D eigenvalue weighted by molar-refractivity contribution is 7.46. The van der Waals surface area contributed by atoms with Crippen LogP contribution in [0.1, 0.15) is 156 Å². The van der Waals surface area contributed by atoms with Gasteiger partial charge in [0.15, 0.2) is 6.10 Å². The summed E-state index contributed by atoms with van der Waals surface area (Å²) in [7, 11) is -4.82. The second kappa shape index (κ2) is 32.1. The summed E-state index contributed by atoms with van der Waals surface area (Å²) in [5, 5.41) is 20.5. The maximum absolute atomic E-state index is 12.3. The van der Waals surface area contributed by atoms with Crippen molar-refractivity contribution < 1.29 is 48.2 Å². The topological polar surface area (TPSA) is 160 Å². The summed E-state index contributed by atoms with van der Waals surface area (Å²) in [6.07, 6.45) is 27.7. The first-order valence-electron chi connectivity index (χ1n) is 18.8. The van der Waals surface area contributed by atoms with Crippen molar-refractivity contribution in [2.75, 3.05) is 13.2 Å². The van der Waals surface area contributed by atoms with E-state index in [2.05, 4.69) is 49.6 Å². The molecule has 49 heavy (non-hydrogen) atoms. The summed E-state index contributed by atoms with van der Waals surface area (Å²) in [5.41, 5.74) is 0. The molecule has 0 aliphatic heterocycles. The molecule has 0 bridgehead atoms. The third-order valence-corrected chi connectivity index (χ3v) is 8.89. The monoisotopic (exact) mass is 716 g/mol. The average Bonchev–Trinajstić information content (AvgIpc) is 3.06. The standard InChI is InChI=1S/C38H69O10P/c1-4-6-7-8-9-10-11-12-13-17-20-23-27-35(39)36(40)28-25-30-37(41)46-31-34(32-47-49(43,44)45)48-38(42)29-24-21-18-15-14-16-19-22-26-33(3)5-2/h9-10,12-13,20,23,33-36,39-40H,4-8,11,14-19,21-22,24-32H2,1-3H3,(H2,43,44,45)/b10-9-,13-12-,23-20-/t33?,34-,35?,36?/m1/s1. The van der Waals surface area contributed by atoms with E-state index in [0.717, 1.165) is 44.4 Å². The number of hydrogen-bond donors (Lipinski definition) is 4. The molecule has 0 aromatic rings. The fraction of sp³-hybridized carbons (Fsp3) is 0.789. The predicted molar refractivity (Wildman–Crippen MR) is 196 cm³/mol. The van der Waals surface area contributed by atoms with Crippen LogP contribution in [0.15, 0.2) is 36.5 Å². The third-order valence-electron chi connectivity index (χ3n) is 8.40. The molecule has 0 amide bonds. The zero-order valence-corrected chi connectivity index (χ0v) is 31.6. The summed E-state index contributed by atoms with van der Waals surface area (Å²) in [5.74, 6) is -0.371. The van der Waals surface area contributed by atoms with Gasteiger partial charge in [0.1, 0.15) is 6.61 Å². The molecule has 10 nitrogen and oxygen atoms in total. The molecular weight excluding hydrogens is 647 g/mol. The first-order chi connectivity index (χ1) is 23.5. The van der Waals surface area contributed by atoms with E-state index in [1.807, 2.05) is 12.2 Å². The van der Waals surface area contributed by atoms with Gasteiger partial charge >= 0.3 is 19.8 Å². The Morgan fingerprint density at radius 1 is 0.673 bits per heavy atom. The minimum Gasteiger partial charge on any atom is -0.462 e. The fourth-order valence-electron chi connectivity index (χ4n) is 5.04. The van der Waals surface area contributed by atoms with Crippen LogP contribution in [0.4, 0.5) is 0 Å². The number of ether oxygens (including phenoxy) is 2. The van der Waals surface area contributed by atoms with Crippen molar-refractivity contribution in [2.45, 2.75) is 174 Å². The molecule has 0 aromatic heterocycles. The van der Waals surface area contributed by atoms with Crippen LogP contribution < -0.4 is 0 Å². The Morgan fingerprint density at radius 2 is 1.27 bits per heavy atom. The van der Waals surface area contributed by atoms with Crippen LogP contribution in [0.2, 0.25) is 0 Å². The van der Waals surface area contributed by atoms with E-state index in [4.69, 9.17) is 19.3 Å². The Balaban J connectivity index is 4.25. The number of allylic oxidation sites excluding steroid dienone is 5. The molecule has 0 fully saturated rings. The van der Waals surface area contributed by atoms with Crippen molar-refractivity contribution >= 4 is 19.8 Å². The number of hydrogen-bond acceptors (Lipinski definition) is 8. The zero-order valence-electron chi connectivity index (χ0n) is 30.7. The number of aliphatic hydroxyl groups is 2. The summed E-state index contributed by atoms with van der Waals surface area (Å²) in [6.45, 7) is 5.68. The lowest BCUT2D eigenvalue weighted by Gasteiger charge is -2.19. The van der Waals surface area contributed by atoms with Crippen LogP contribution in [0.5, 0.6) is 0 Å². The second-order valence-electron chi connectivity index (χ2n) is 13.1.